The van der Waals surface area contributed by atoms with Gasteiger partial charge in [-0.25, -0.2) is 13.1 Å². The van der Waals surface area contributed by atoms with Crippen molar-refractivity contribution in [2.75, 3.05) is 39.1 Å². The number of hydrogen-bond acceptors (Lipinski definition) is 4. The lowest BCUT2D eigenvalue weighted by molar-refractivity contribution is 0.152. The van der Waals surface area contributed by atoms with E-state index in [-0.39, 0.29) is 12.3 Å². The van der Waals surface area contributed by atoms with Crippen molar-refractivity contribution in [1.29, 1.82) is 0 Å². The van der Waals surface area contributed by atoms with E-state index in [1.807, 2.05) is 37.3 Å². The van der Waals surface area contributed by atoms with Crippen LogP contribution >= 0.6 is 0 Å². The van der Waals surface area contributed by atoms with Crippen LogP contribution in [0.15, 0.2) is 35.3 Å². The van der Waals surface area contributed by atoms with E-state index >= 15 is 0 Å². The van der Waals surface area contributed by atoms with Crippen LogP contribution in [0.4, 0.5) is 0 Å². The summed E-state index contributed by atoms with van der Waals surface area (Å²) >= 11 is 0. The Hall–Kier alpha value is -1.64. The summed E-state index contributed by atoms with van der Waals surface area (Å²) in [6, 6.07) is 9.41. The minimum absolute atomic E-state index is 0.0218. The second-order valence-corrected chi connectivity index (χ2v) is 6.67. The molecule has 0 fully saturated rings. The summed E-state index contributed by atoms with van der Waals surface area (Å²) in [5.74, 6) is 0.536. The van der Waals surface area contributed by atoms with E-state index < -0.39 is 10.0 Å². The monoisotopic (exact) mass is 342 g/mol. The van der Waals surface area contributed by atoms with E-state index in [9.17, 15) is 8.42 Å². The minimum atomic E-state index is -3.33. The smallest absolute Gasteiger partial charge is 0.213 e. The molecule has 0 aliphatic rings. The van der Waals surface area contributed by atoms with Gasteiger partial charge in [-0.05, 0) is 12.5 Å². The number of rotatable bonds is 10. The van der Waals surface area contributed by atoms with Crippen LogP contribution in [0.3, 0.4) is 0 Å². The number of hydrogen-bond donors (Lipinski definition) is 3. The lowest BCUT2D eigenvalue weighted by atomic mass is 10.2. The quantitative estimate of drug-likeness (QED) is 0.323. The van der Waals surface area contributed by atoms with Gasteiger partial charge in [0.15, 0.2) is 5.96 Å². The number of benzene rings is 1. The third-order valence-electron chi connectivity index (χ3n) is 2.97. The second kappa shape index (κ2) is 11.0. The molecule has 7 nitrogen and oxygen atoms in total. The topological polar surface area (TPSA) is 91.8 Å². The summed E-state index contributed by atoms with van der Waals surface area (Å²) in [4.78, 5) is 4.02. The first kappa shape index (κ1) is 19.4. The van der Waals surface area contributed by atoms with Crippen molar-refractivity contribution >= 4 is 16.0 Å². The molecule has 3 N–H and O–H groups in total. The Morgan fingerprint density at radius 1 is 1.17 bits per heavy atom. The normalized spacial score (nSPS) is 12.2. The van der Waals surface area contributed by atoms with Crippen molar-refractivity contribution in [2.24, 2.45) is 4.99 Å². The van der Waals surface area contributed by atoms with Crippen LogP contribution in [0.2, 0.25) is 0 Å². The van der Waals surface area contributed by atoms with Gasteiger partial charge in [-0.15, -0.1) is 0 Å². The average Bonchev–Trinajstić information content (AvgIpc) is 2.56. The van der Waals surface area contributed by atoms with Crippen LogP contribution in [0.1, 0.15) is 12.5 Å². The number of nitrogens with zero attached hydrogens (tertiary/aromatic N) is 1. The first-order valence-electron chi connectivity index (χ1n) is 7.61. The number of sulfonamides is 1. The summed E-state index contributed by atoms with van der Waals surface area (Å²) in [6.07, 6.45) is 0. The average molecular weight is 342 g/mol. The van der Waals surface area contributed by atoms with Gasteiger partial charge in [0.1, 0.15) is 0 Å². The van der Waals surface area contributed by atoms with Crippen LogP contribution in [0.25, 0.3) is 0 Å². The highest BCUT2D eigenvalue weighted by atomic mass is 32.2. The van der Waals surface area contributed by atoms with E-state index in [2.05, 4.69) is 20.3 Å². The molecule has 1 aromatic rings. The number of ether oxygens (including phenoxy) is 1. The summed E-state index contributed by atoms with van der Waals surface area (Å²) < 4.78 is 31.7. The SMILES string of the molecule is CCOCCNC(=NC)NCCS(=O)(=O)NCc1ccccc1. The third kappa shape index (κ3) is 9.17. The molecule has 0 saturated heterocycles. The maximum atomic E-state index is 11.9. The van der Waals surface area contributed by atoms with E-state index in [1.54, 1.807) is 7.05 Å². The molecule has 0 heterocycles. The molecular formula is C15H26N4O3S. The van der Waals surface area contributed by atoms with Crippen molar-refractivity contribution in [3.05, 3.63) is 35.9 Å². The molecule has 0 aliphatic heterocycles. The van der Waals surface area contributed by atoms with Gasteiger partial charge in [0, 0.05) is 33.3 Å². The molecule has 0 amide bonds. The van der Waals surface area contributed by atoms with Crippen molar-refractivity contribution in [3.63, 3.8) is 0 Å². The highest BCUT2D eigenvalue weighted by Crippen LogP contribution is 1.98. The molecule has 8 heteroatoms. The molecule has 0 radical (unpaired) electrons. The zero-order chi connectivity index (χ0) is 17.0. The fourth-order valence-electron chi connectivity index (χ4n) is 1.77. The fraction of sp³-hybridized carbons (Fsp3) is 0.533. The third-order valence-corrected chi connectivity index (χ3v) is 4.29. The molecule has 0 unspecified atom stereocenters. The Balaban J connectivity index is 2.26. The van der Waals surface area contributed by atoms with E-state index in [0.29, 0.717) is 32.3 Å². The van der Waals surface area contributed by atoms with Crippen LogP contribution in [0.5, 0.6) is 0 Å². The molecule has 0 atom stereocenters. The second-order valence-electron chi connectivity index (χ2n) is 4.75. The Kier molecular flexibility index (Phi) is 9.27. The molecule has 0 spiro atoms. The highest BCUT2D eigenvalue weighted by Gasteiger charge is 2.10. The standard InChI is InChI=1S/C15H26N4O3S/c1-3-22-11-9-17-15(16-2)18-10-12-23(20,21)19-13-14-7-5-4-6-8-14/h4-8,19H,3,9-13H2,1-2H3,(H2,16,17,18). The van der Waals surface area contributed by atoms with Gasteiger partial charge in [-0.2, -0.15) is 0 Å². The predicted octanol–water partition coefficient (Wildman–Crippen LogP) is 0.308. The molecular weight excluding hydrogens is 316 g/mol. The molecule has 23 heavy (non-hydrogen) atoms. The molecule has 1 rings (SSSR count). The van der Waals surface area contributed by atoms with Crippen LogP contribution < -0.4 is 15.4 Å². The van der Waals surface area contributed by atoms with Crippen molar-refractivity contribution < 1.29 is 13.2 Å². The summed E-state index contributed by atoms with van der Waals surface area (Å²) in [5, 5.41) is 6.01. The van der Waals surface area contributed by atoms with Gasteiger partial charge in [0.05, 0.1) is 12.4 Å². The first-order valence-corrected chi connectivity index (χ1v) is 9.26. The maximum absolute atomic E-state index is 11.9. The Labute approximate surface area is 138 Å². The highest BCUT2D eigenvalue weighted by molar-refractivity contribution is 7.89. The summed E-state index contributed by atoms with van der Waals surface area (Å²) in [6.45, 7) is 4.36. The molecule has 1 aromatic carbocycles. The summed E-state index contributed by atoms with van der Waals surface area (Å²) in [7, 11) is -1.70. The maximum Gasteiger partial charge on any atom is 0.213 e. The Bertz CT molecular complexity index is 561. The Morgan fingerprint density at radius 2 is 1.87 bits per heavy atom. The number of guanidine groups is 1. The van der Waals surface area contributed by atoms with Gasteiger partial charge in [-0.1, -0.05) is 30.3 Å². The largest absolute Gasteiger partial charge is 0.380 e. The lowest BCUT2D eigenvalue weighted by Crippen LogP contribution is -2.42. The zero-order valence-electron chi connectivity index (χ0n) is 13.7. The van der Waals surface area contributed by atoms with Crippen LogP contribution in [0, 0.1) is 0 Å². The van der Waals surface area contributed by atoms with E-state index in [1.165, 1.54) is 0 Å². The van der Waals surface area contributed by atoms with Gasteiger partial charge >= 0.3 is 0 Å². The lowest BCUT2D eigenvalue weighted by Gasteiger charge is -2.12. The molecule has 0 saturated carbocycles. The minimum Gasteiger partial charge on any atom is -0.380 e. The van der Waals surface area contributed by atoms with Gasteiger partial charge < -0.3 is 15.4 Å². The fourth-order valence-corrected chi connectivity index (χ4v) is 2.67. The predicted molar refractivity (Wildman–Crippen MR) is 92.9 cm³/mol. The van der Waals surface area contributed by atoms with Crippen LogP contribution in [-0.4, -0.2) is 53.5 Å². The zero-order valence-corrected chi connectivity index (χ0v) is 14.5. The van der Waals surface area contributed by atoms with Crippen molar-refractivity contribution in [3.8, 4) is 0 Å². The van der Waals surface area contributed by atoms with Gasteiger partial charge in [0.25, 0.3) is 0 Å². The first-order chi connectivity index (χ1) is 11.1. The van der Waals surface area contributed by atoms with E-state index in [4.69, 9.17) is 4.74 Å². The van der Waals surface area contributed by atoms with E-state index in [0.717, 1.165) is 5.56 Å². The number of aliphatic imine (C=N–C) groups is 1. The molecule has 0 aliphatic carbocycles. The van der Waals surface area contributed by atoms with Crippen molar-refractivity contribution in [2.45, 2.75) is 13.5 Å². The van der Waals surface area contributed by atoms with Gasteiger partial charge in [0.2, 0.25) is 10.0 Å². The van der Waals surface area contributed by atoms with Gasteiger partial charge in [-0.3, -0.25) is 4.99 Å². The number of nitrogens with one attached hydrogen (secondary N) is 3. The Morgan fingerprint density at radius 3 is 2.52 bits per heavy atom. The molecule has 0 bridgehead atoms. The summed E-state index contributed by atoms with van der Waals surface area (Å²) in [5.41, 5.74) is 0.928. The van der Waals surface area contributed by atoms with Crippen LogP contribution in [-0.2, 0) is 21.3 Å². The molecule has 0 aromatic heterocycles. The van der Waals surface area contributed by atoms with Crippen molar-refractivity contribution in [1.82, 2.24) is 15.4 Å². The molecule has 130 valence electrons.